The number of nitrogens with two attached hydrogens (primary N) is 1. The van der Waals surface area contributed by atoms with Crippen LogP contribution in [0.5, 0.6) is 0 Å². The van der Waals surface area contributed by atoms with Crippen molar-refractivity contribution in [2.75, 3.05) is 5.73 Å². The number of hydrogen-bond donors (Lipinski definition) is 2. The first-order chi connectivity index (χ1) is 9.70. The lowest BCUT2D eigenvalue weighted by Crippen LogP contribution is -2.50. The van der Waals surface area contributed by atoms with Crippen LogP contribution in [0, 0.1) is 0 Å². The minimum Gasteiger partial charge on any atom is -0.399 e. The van der Waals surface area contributed by atoms with Crippen LogP contribution in [-0.2, 0) is 5.54 Å². The minimum atomic E-state index is -0.205. The summed E-state index contributed by atoms with van der Waals surface area (Å²) in [6, 6.07) is 17.3. The predicted molar refractivity (Wildman–Crippen MR) is 80.3 cm³/mol. The lowest BCUT2D eigenvalue weighted by Gasteiger charge is -2.43. The summed E-state index contributed by atoms with van der Waals surface area (Å²) in [5, 5.41) is 3.20. The molecule has 102 valence electrons. The molecule has 0 bridgehead atoms. The van der Waals surface area contributed by atoms with Crippen LogP contribution in [0.25, 0.3) is 0 Å². The van der Waals surface area contributed by atoms with E-state index < -0.39 is 0 Å². The zero-order chi connectivity index (χ0) is 14.0. The molecule has 0 aliphatic heterocycles. The molecule has 1 aliphatic carbocycles. The maximum atomic E-state index is 12.4. The molecule has 20 heavy (non-hydrogen) atoms. The Morgan fingerprint density at radius 3 is 2.40 bits per heavy atom. The fraction of sp³-hybridized carbons (Fsp3) is 0.235. The maximum Gasteiger partial charge on any atom is 0.252 e. The highest BCUT2D eigenvalue weighted by molar-refractivity contribution is 5.95. The summed E-state index contributed by atoms with van der Waals surface area (Å²) in [5.41, 5.74) is 7.95. The summed E-state index contributed by atoms with van der Waals surface area (Å²) in [4.78, 5) is 12.4. The van der Waals surface area contributed by atoms with Crippen LogP contribution < -0.4 is 11.1 Å². The van der Waals surface area contributed by atoms with Crippen LogP contribution >= 0.6 is 0 Å². The number of benzene rings is 2. The van der Waals surface area contributed by atoms with Crippen LogP contribution in [-0.4, -0.2) is 5.91 Å². The fourth-order valence-electron chi connectivity index (χ4n) is 2.74. The van der Waals surface area contributed by atoms with E-state index in [1.54, 1.807) is 24.3 Å². The Kier molecular flexibility index (Phi) is 3.18. The molecule has 0 saturated heterocycles. The Hall–Kier alpha value is -2.29. The van der Waals surface area contributed by atoms with E-state index in [1.165, 1.54) is 5.56 Å². The van der Waals surface area contributed by atoms with Crippen molar-refractivity contribution in [2.24, 2.45) is 0 Å². The third-order valence-corrected chi connectivity index (χ3v) is 4.04. The number of carbonyl (C=O) groups is 1. The van der Waals surface area contributed by atoms with E-state index in [1.807, 2.05) is 18.2 Å². The van der Waals surface area contributed by atoms with Crippen molar-refractivity contribution in [3.8, 4) is 0 Å². The Labute approximate surface area is 118 Å². The maximum absolute atomic E-state index is 12.4. The normalized spacial score (nSPS) is 16.2. The molecular weight excluding hydrogens is 248 g/mol. The molecule has 1 amide bonds. The number of hydrogen-bond acceptors (Lipinski definition) is 2. The number of nitrogen functional groups attached to an aromatic ring is 1. The fourth-order valence-corrected chi connectivity index (χ4v) is 2.74. The van der Waals surface area contributed by atoms with Gasteiger partial charge in [0.25, 0.3) is 5.91 Å². The first-order valence-corrected chi connectivity index (χ1v) is 6.93. The van der Waals surface area contributed by atoms with Gasteiger partial charge in [-0.3, -0.25) is 4.79 Å². The van der Waals surface area contributed by atoms with Gasteiger partial charge in [0.2, 0.25) is 0 Å². The minimum absolute atomic E-state index is 0.0548. The third kappa shape index (κ3) is 2.27. The quantitative estimate of drug-likeness (QED) is 0.839. The van der Waals surface area contributed by atoms with E-state index in [0.29, 0.717) is 11.3 Å². The summed E-state index contributed by atoms with van der Waals surface area (Å²) >= 11 is 0. The lowest BCUT2D eigenvalue weighted by atomic mass is 9.71. The lowest BCUT2D eigenvalue weighted by molar-refractivity contribution is 0.0823. The van der Waals surface area contributed by atoms with Gasteiger partial charge in [0.1, 0.15) is 0 Å². The smallest absolute Gasteiger partial charge is 0.252 e. The molecular formula is C17H18N2O. The molecule has 2 aromatic carbocycles. The van der Waals surface area contributed by atoms with Gasteiger partial charge >= 0.3 is 0 Å². The van der Waals surface area contributed by atoms with Crippen LogP contribution in [0.2, 0.25) is 0 Å². The molecule has 3 heteroatoms. The second kappa shape index (κ2) is 5.00. The second-order valence-electron chi connectivity index (χ2n) is 5.38. The van der Waals surface area contributed by atoms with E-state index in [9.17, 15) is 4.79 Å². The van der Waals surface area contributed by atoms with Gasteiger partial charge in [-0.25, -0.2) is 0 Å². The molecule has 2 aromatic rings. The van der Waals surface area contributed by atoms with Crippen molar-refractivity contribution < 1.29 is 4.79 Å². The molecule has 0 heterocycles. The molecule has 3 nitrogen and oxygen atoms in total. The number of anilines is 1. The number of carbonyl (C=O) groups excluding carboxylic acids is 1. The van der Waals surface area contributed by atoms with Gasteiger partial charge in [-0.2, -0.15) is 0 Å². The van der Waals surface area contributed by atoms with Crippen LogP contribution in [0.3, 0.4) is 0 Å². The van der Waals surface area contributed by atoms with Crippen molar-refractivity contribution in [2.45, 2.75) is 24.8 Å². The van der Waals surface area contributed by atoms with E-state index in [4.69, 9.17) is 5.73 Å². The molecule has 0 aromatic heterocycles. The highest BCUT2D eigenvalue weighted by atomic mass is 16.1. The summed E-state index contributed by atoms with van der Waals surface area (Å²) in [6.07, 6.45) is 3.13. The van der Waals surface area contributed by atoms with Gasteiger partial charge in [0.05, 0.1) is 5.54 Å². The summed E-state index contributed by atoms with van der Waals surface area (Å²) < 4.78 is 0. The van der Waals surface area contributed by atoms with Crippen molar-refractivity contribution >= 4 is 11.6 Å². The third-order valence-electron chi connectivity index (χ3n) is 4.04. The second-order valence-corrected chi connectivity index (χ2v) is 5.38. The molecule has 0 radical (unpaired) electrons. The van der Waals surface area contributed by atoms with Gasteiger partial charge in [-0.05, 0) is 43.0 Å². The van der Waals surface area contributed by atoms with Gasteiger partial charge in [0.15, 0.2) is 0 Å². The molecule has 1 fully saturated rings. The van der Waals surface area contributed by atoms with E-state index in [0.717, 1.165) is 19.3 Å². The van der Waals surface area contributed by atoms with Crippen molar-refractivity contribution in [1.82, 2.24) is 5.32 Å². The van der Waals surface area contributed by atoms with Crippen LogP contribution in [0.15, 0.2) is 54.6 Å². The zero-order valence-corrected chi connectivity index (χ0v) is 11.3. The van der Waals surface area contributed by atoms with Crippen LogP contribution in [0.4, 0.5) is 5.69 Å². The van der Waals surface area contributed by atoms with Gasteiger partial charge in [-0.1, -0.05) is 36.4 Å². The first-order valence-electron chi connectivity index (χ1n) is 6.93. The predicted octanol–water partition coefficient (Wildman–Crippen LogP) is 3.08. The average molecular weight is 266 g/mol. The molecule has 3 N–H and O–H groups in total. The molecule has 1 saturated carbocycles. The Morgan fingerprint density at radius 1 is 1.05 bits per heavy atom. The Balaban J connectivity index is 1.84. The average Bonchev–Trinajstić information content (AvgIpc) is 2.43. The van der Waals surface area contributed by atoms with Gasteiger partial charge in [0, 0.05) is 11.3 Å². The Bertz CT molecular complexity index is 618. The van der Waals surface area contributed by atoms with Crippen LogP contribution in [0.1, 0.15) is 35.2 Å². The monoisotopic (exact) mass is 266 g/mol. The summed E-state index contributed by atoms with van der Waals surface area (Å²) in [5.74, 6) is -0.0548. The Morgan fingerprint density at radius 2 is 1.80 bits per heavy atom. The molecule has 0 unspecified atom stereocenters. The zero-order valence-electron chi connectivity index (χ0n) is 11.3. The van der Waals surface area contributed by atoms with Crippen molar-refractivity contribution in [3.63, 3.8) is 0 Å². The molecule has 0 spiro atoms. The van der Waals surface area contributed by atoms with E-state index in [2.05, 4.69) is 17.4 Å². The topological polar surface area (TPSA) is 55.1 Å². The van der Waals surface area contributed by atoms with Gasteiger partial charge in [-0.15, -0.1) is 0 Å². The molecule has 0 atom stereocenters. The number of nitrogens with one attached hydrogen (secondary N) is 1. The van der Waals surface area contributed by atoms with E-state index >= 15 is 0 Å². The van der Waals surface area contributed by atoms with Crippen molar-refractivity contribution in [1.29, 1.82) is 0 Å². The summed E-state index contributed by atoms with van der Waals surface area (Å²) in [6.45, 7) is 0. The molecule has 1 aliphatic rings. The largest absolute Gasteiger partial charge is 0.399 e. The molecule has 3 rings (SSSR count). The first kappa shape index (κ1) is 12.7. The number of amides is 1. The number of rotatable bonds is 3. The SMILES string of the molecule is Nc1cccc(C(=O)NC2(c3ccccc3)CCC2)c1. The van der Waals surface area contributed by atoms with Gasteiger partial charge < -0.3 is 11.1 Å². The highest BCUT2D eigenvalue weighted by Gasteiger charge is 2.39. The highest BCUT2D eigenvalue weighted by Crippen LogP contribution is 2.41. The standard InChI is InChI=1S/C17H18N2O/c18-15-9-4-6-13(12-15)16(20)19-17(10-5-11-17)14-7-2-1-3-8-14/h1-4,6-9,12H,5,10-11,18H2,(H,19,20). The van der Waals surface area contributed by atoms with E-state index in [-0.39, 0.29) is 11.4 Å². The van der Waals surface area contributed by atoms with Crippen molar-refractivity contribution in [3.05, 3.63) is 65.7 Å². The summed E-state index contributed by atoms with van der Waals surface area (Å²) in [7, 11) is 0.